The lowest BCUT2D eigenvalue weighted by Gasteiger charge is -2.20. The Morgan fingerprint density at radius 2 is 2.06 bits per heavy atom. The van der Waals surface area contributed by atoms with E-state index in [2.05, 4.69) is 0 Å². The molecule has 102 valence electrons. The van der Waals surface area contributed by atoms with Crippen molar-refractivity contribution in [1.82, 2.24) is 4.31 Å². The number of halogens is 1. The quantitative estimate of drug-likeness (QED) is 0.872. The van der Waals surface area contributed by atoms with Crippen LogP contribution in [0.15, 0.2) is 23.1 Å². The first-order chi connectivity index (χ1) is 8.43. The first-order valence-electron chi connectivity index (χ1n) is 5.80. The van der Waals surface area contributed by atoms with E-state index in [9.17, 15) is 8.42 Å². The predicted molar refractivity (Wildman–Crippen MR) is 72.3 cm³/mol. The highest BCUT2D eigenvalue weighted by atomic mass is 35.5. The third-order valence-electron chi connectivity index (χ3n) is 2.62. The van der Waals surface area contributed by atoms with Crippen LogP contribution < -0.4 is 0 Å². The van der Waals surface area contributed by atoms with Crippen LogP contribution in [0.2, 0.25) is 5.02 Å². The number of benzene rings is 1. The molecule has 4 nitrogen and oxygen atoms in total. The van der Waals surface area contributed by atoms with Gasteiger partial charge in [0.2, 0.25) is 10.0 Å². The molecule has 0 fully saturated rings. The van der Waals surface area contributed by atoms with Gasteiger partial charge in [0.05, 0.1) is 5.02 Å². The van der Waals surface area contributed by atoms with Crippen LogP contribution in [0.3, 0.4) is 0 Å². The second-order valence-electron chi connectivity index (χ2n) is 4.01. The predicted octanol–water partition coefficient (Wildman–Crippen LogP) is 2.04. The molecule has 18 heavy (non-hydrogen) atoms. The van der Waals surface area contributed by atoms with E-state index in [1.807, 2.05) is 6.92 Å². The number of aliphatic hydroxyl groups excluding tert-OH is 1. The summed E-state index contributed by atoms with van der Waals surface area (Å²) in [6.07, 6.45) is 0.413. The largest absolute Gasteiger partial charge is 0.396 e. The molecule has 6 heteroatoms. The lowest BCUT2D eigenvalue weighted by Crippen LogP contribution is -2.32. The monoisotopic (exact) mass is 291 g/mol. The van der Waals surface area contributed by atoms with Crippen molar-refractivity contribution < 1.29 is 13.5 Å². The van der Waals surface area contributed by atoms with Crippen LogP contribution in [-0.4, -0.2) is 37.5 Å². The molecule has 0 heterocycles. The molecule has 1 aromatic carbocycles. The van der Waals surface area contributed by atoms with E-state index in [1.165, 1.54) is 10.4 Å². The van der Waals surface area contributed by atoms with E-state index in [-0.39, 0.29) is 16.5 Å². The fourth-order valence-electron chi connectivity index (χ4n) is 1.65. The van der Waals surface area contributed by atoms with Gasteiger partial charge in [0.1, 0.15) is 4.90 Å². The summed E-state index contributed by atoms with van der Waals surface area (Å²) in [5.74, 6) is 0. The Bertz CT molecular complexity index is 502. The van der Waals surface area contributed by atoms with Gasteiger partial charge in [-0.2, -0.15) is 4.31 Å². The fraction of sp³-hybridized carbons (Fsp3) is 0.500. The molecule has 0 atom stereocenters. The van der Waals surface area contributed by atoms with Gasteiger partial charge in [0.25, 0.3) is 0 Å². The zero-order chi connectivity index (χ0) is 13.8. The maximum Gasteiger partial charge on any atom is 0.244 e. The number of hydrogen-bond acceptors (Lipinski definition) is 3. The maximum absolute atomic E-state index is 12.4. The summed E-state index contributed by atoms with van der Waals surface area (Å²) < 4.78 is 26.0. The number of aliphatic hydroxyl groups is 1. The van der Waals surface area contributed by atoms with Crippen LogP contribution in [0.25, 0.3) is 0 Å². The fourth-order valence-corrected chi connectivity index (χ4v) is 3.71. The number of sulfonamides is 1. The molecule has 0 amide bonds. The van der Waals surface area contributed by atoms with Gasteiger partial charge in [-0.3, -0.25) is 0 Å². The van der Waals surface area contributed by atoms with Crippen molar-refractivity contribution in [2.45, 2.75) is 25.2 Å². The highest BCUT2D eigenvalue weighted by Crippen LogP contribution is 2.25. The van der Waals surface area contributed by atoms with Gasteiger partial charge < -0.3 is 5.11 Å². The van der Waals surface area contributed by atoms with Crippen LogP contribution in [-0.2, 0) is 10.0 Å². The Labute approximate surface area is 113 Å². The summed E-state index contributed by atoms with van der Waals surface area (Å²) >= 11 is 5.99. The van der Waals surface area contributed by atoms with Crippen LogP contribution in [0.1, 0.15) is 18.9 Å². The Balaban J connectivity index is 3.10. The summed E-state index contributed by atoms with van der Waals surface area (Å²) in [6.45, 7) is 4.22. The molecule has 0 aromatic heterocycles. The topological polar surface area (TPSA) is 57.6 Å². The van der Waals surface area contributed by atoms with Gasteiger partial charge in [-0.15, -0.1) is 0 Å². The minimum absolute atomic E-state index is 0.0341. The first kappa shape index (κ1) is 15.4. The van der Waals surface area contributed by atoms with Gasteiger partial charge >= 0.3 is 0 Å². The summed E-state index contributed by atoms with van der Waals surface area (Å²) in [6, 6.07) is 4.88. The SMILES string of the molecule is CCN(CCCO)S(=O)(=O)c1ccc(C)cc1Cl. The normalized spacial score (nSPS) is 12.1. The second kappa shape index (κ2) is 6.52. The van der Waals surface area contributed by atoms with Crippen molar-refractivity contribution >= 4 is 21.6 Å². The van der Waals surface area contributed by atoms with E-state index < -0.39 is 10.0 Å². The van der Waals surface area contributed by atoms with E-state index in [0.29, 0.717) is 19.5 Å². The summed E-state index contributed by atoms with van der Waals surface area (Å²) in [5.41, 5.74) is 0.914. The van der Waals surface area contributed by atoms with Crippen molar-refractivity contribution in [3.05, 3.63) is 28.8 Å². The van der Waals surface area contributed by atoms with E-state index in [1.54, 1.807) is 19.1 Å². The Kier molecular flexibility index (Phi) is 5.59. The minimum Gasteiger partial charge on any atom is -0.396 e. The molecule has 1 aromatic rings. The molecule has 0 aliphatic carbocycles. The van der Waals surface area contributed by atoms with Gasteiger partial charge in [-0.25, -0.2) is 8.42 Å². The van der Waals surface area contributed by atoms with Crippen LogP contribution >= 0.6 is 11.6 Å². The number of rotatable bonds is 6. The summed E-state index contributed by atoms with van der Waals surface area (Å²) in [7, 11) is -3.58. The highest BCUT2D eigenvalue weighted by molar-refractivity contribution is 7.89. The van der Waals surface area contributed by atoms with Gasteiger partial charge in [0, 0.05) is 19.7 Å². The zero-order valence-electron chi connectivity index (χ0n) is 10.6. The molecule has 1 N–H and O–H groups in total. The van der Waals surface area contributed by atoms with Gasteiger partial charge in [0.15, 0.2) is 0 Å². The number of nitrogens with zero attached hydrogens (tertiary/aromatic N) is 1. The molecular weight excluding hydrogens is 274 g/mol. The van der Waals surface area contributed by atoms with Crippen molar-refractivity contribution in [1.29, 1.82) is 0 Å². The van der Waals surface area contributed by atoms with Crippen molar-refractivity contribution in [2.24, 2.45) is 0 Å². The van der Waals surface area contributed by atoms with E-state index >= 15 is 0 Å². The minimum atomic E-state index is -3.58. The van der Waals surface area contributed by atoms with E-state index in [0.717, 1.165) is 5.56 Å². The molecule has 0 saturated carbocycles. The Hall–Kier alpha value is -0.620. The third kappa shape index (κ3) is 3.45. The molecule has 0 aliphatic rings. The lowest BCUT2D eigenvalue weighted by molar-refractivity contribution is 0.271. The molecule has 0 spiro atoms. The molecule has 0 saturated heterocycles. The summed E-state index contributed by atoms with van der Waals surface area (Å²) in [5, 5.41) is 9.02. The third-order valence-corrected chi connectivity index (χ3v) is 5.08. The van der Waals surface area contributed by atoms with Crippen molar-refractivity contribution in [2.75, 3.05) is 19.7 Å². The molecule has 0 bridgehead atoms. The van der Waals surface area contributed by atoms with Crippen molar-refractivity contribution in [3.63, 3.8) is 0 Å². The first-order valence-corrected chi connectivity index (χ1v) is 7.62. The zero-order valence-corrected chi connectivity index (χ0v) is 12.1. The van der Waals surface area contributed by atoms with Crippen molar-refractivity contribution in [3.8, 4) is 0 Å². The smallest absolute Gasteiger partial charge is 0.244 e. The number of hydrogen-bond donors (Lipinski definition) is 1. The molecular formula is C12H18ClNO3S. The standard InChI is InChI=1S/C12H18ClNO3S/c1-3-14(7-4-8-15)18(16,17)12-6-5-10(2)9-11(12)13/h5-6,9,15H,3-4,7-8H2,1-2H3. The van der Waals surface area contributed by atoms with Crippen LogP contribution in [0.5, 0.6) is 0 Å². The van der Waals surface area contributed by atoms with Crippen LogP contribution in [0.4, 0.5) is 0 Å². The molecule has 0 aliphatic heterocycles. The average molecular weight is 292 g/mol. The molecule has 1 rings (SSSR count). The Morgan fingerprint density at radius 1 is 1.39 bits per heavy atom. The number of aryl methyl sites for hydroxylation is 1. The van der Waals surface area contributed by atoms with Crippen LogP contribution in [0, 0.1) is 6.92 Å². The molecule has 0 radical (unpaired) electrons. The average Bonchev–Trinajstić information content (AvgIpc) is 2.29. The van der Waals surface area contributed by atoms with Gasteiger partial charge in [-0.05, 0) is 31.0 Å². The molecule has 0 unspecified atom stereocenters. The summed E-state index contributed by atoms with van der Waals surface area (Å²) in [4.78, 5) is 0.120. The Morgan fingerprint density at radius 3 is 2.56 bits per heavy atom. The lowest BCUT2D eigenvalue weighted by atomic mass is 10.2. The van der Waals surface area contributed by atoms with Gasteiger partial charge in [-0.1, -0.05) is 24.6 Å². The highest BCUT2D eigenvalue weighted by Gasteiger charge is 2.24. The maximum atomic E-state index is 12.4. The second-order valence-corrected chi connectivity index (χ2v) is 6.32. The van der Waals surface area contributed by atoms with E-state index in [4.69, 9.17) is 16.7 Å².